The minimum absolute atomic E-state index is 0.0508. The van der Waals surface area contributed by atoms with Crippen molar-refractivity contribution >= 4 is 33.3 Å². The van der Waals surface area contributed by atoms with Crippen LogP contribution in [0.15, 0.2) is 71.3 Å². The number of carbonyl (C=O) groups is 1. The van der Waals surface area contributed by atoms with Gasteiger partial charge in [0.1, 0.15) is 5.58 Å². The highest BCUT2D eigenvalue weighted by molar-refractivity contribution is 6.08. The van der Waals surface area contributed by atoms with Crippen LogP contribution in [-0.2, 0) is 11.2 Å². The normalized spacial score (nSPS) is 14.8. The molecule has 4 aromatic rings. The highest BCUT2D eigenvalue weighted by atomic mass is 16.3. The fraction of sp³-hybridized carbons (Fsp3) is 0.321. The van der Waals surface area contributed by atoms with Crippen molar-refractivity contribution < 1.29 is 9.21 Å². The van der Waals surface area contributed by atoms with Crippen LogP contribution in [0.4, 0.5) is 5.69 Å². The number of aryl methyl sites for hydroxylation is 1. The van der Waals surface area contributed by atoms with E-state index in [9.17, 15) is 4.79 Å². The molecule has 5 rings (SSSR count). The highest BCUT2D eigenvalue weighted by Gasteiger charge is 2.17. The van der Waals surface area contributed by atoms with Crippen LogP contribution in [0.2, 0.25) is 0 Å². The summed E-state index contributed by atoms with van der Waals surface area (Å²) in [6, 6.07) is 21.0. The van der Waals surface area contributed by atoms with Gasteiger partial charge in [-0.3, -0.25) is 9.69 Å². The Bertz CT molecular complexity index is 1250. The first-order chi connectivity index (χ1) is 16.2. The second-order valence-electron chi connectivity index (χ2n) is 8.97. The maximum atomic E-state index is 12.6. The molecular weight excluding hydrogens is 410 g/mol. The van der Waals surface area contributed by atoms with Gasteiger partial charge in [0.25, 0.3) is 0 Å². The molecule has 1 aliphatic rings. The van der Waals surface area contributed by atoms with E-state index in [1.165, 1.54) is 11.3 Å². The largest absolute Gasteiger partial charge is 0.464 e. The van der Waals surface area contributed by atoms with Crippen molar-refractivity contribution in [2.45, 2.75) is 19.8 Å². The lowest BCUT2D eigenvalue weighted by molar-refractivity contribution is -0.120. The van der Waals surface area contributed by atoms with Gasteiger partial charge in [-0.25, -0.2) is 0 Å². The number of piperazine rings is 1. The number of furan rings is 1. The summed E-state index contributed by atoms with van der Waals surface area (Å²) in [6.07, 6.45) is 3.03. The van der Waals surface area contributed by atoms with E-state index < -0.39 is 0 Å². The minimum Gasteiger partial charge on any atom is -0.464 e. The van der Waals surface area contributed by atoms with E-state index in [4.69, 9.17) is 4.42 Å². The van der Waals surface area contributed by atoms with Crippen molar-refractivity contribution in [1.29, 1.82) is 0 Å². The molecule has 0 saturated carbocycles. The minimum atomic E-state index is 0.0508. The van der Waals surface area contributed by atoms with Gasteiger partial charge in [0.05, 0.1) is 12.7 Å². The Kier molecular flexibility index (Phi) is 6.31. The van der Waals surface area contributed by atoms with Gasteiger partial charge in [-0.05, 0) is 54.4 Å². The number of hydrogen-bond donors (Lipinski definition) is 1. The van der Waals surface area contributed by atoms with Crippen LogP contribution in [0, 0.1) is 6.92 Å². The van der Waals surface area contributed by atoms with Crippen LogP contribution >= 0.6 is 0 Å². The zero-order chi connectivity index (χ0) is 22.6. The smallest absolute Gasteiger partial charge is 0.224 e. The average molecular weight is 442 g/mol. The lowest BCUT2D eigenvalue weighted by Crippen LogP contribution is -2.47. The highest BCUT2D eigenvalue weighted by Crippen LogP contribution is 2.30. The topological polar surface area (TPSA) is 48.7 Å². The van der Waals surface area contributed by atoms with Crippen LogP contribution in [0.1, 0.15) is 17.5 Å². The number of amides is 1. The molecule has 5 heteroatoms. The van der Waals surface area contributed by atoms with Crippen LogP contribution in [0.3, 0.4) is 0 Å². The van der Waals surface area contributed by atoms with Crippen LogP contribution in [-0.4, -0.2) is 50.1 Å². The van der Waals surface area contributed by atoms with Crippen molar-refractivity contribution in [3.8, 4) is 0 Å². The van der Waals surface area contributed by atoms with E-state index in [1.54, 1.807) is 6.26 Å². The fourth-order valence-electron chi connectivity index (χ4n) is 4.82. The quantitative estimate of drug-likeness (QED) is 0.420. The van der Waals surface area contributed by atoms with Gasteiger partial charge < -0.3 is 14.6 Å². The molecule has 1 saturated heterocycles. The SMILES string of the molecule is Cc1cccc(N2CCN(CCCNC(=O)Cc3coc4ccc5ccccc5c34)CC2)c1. The summed E-state index contributed by atoms with van der Waals surface area (Å²) >= 11 is 0. The van der Waals surface area contributed by atoms with Gasteiger partial charge in [0.15, 0.2) is 0 Å². The predicted molar refractivity (Wildman–Crippen MR) is 135 cm³/mol. The second kappa shape index (κ2) is 9.67. The zero-order valence-corrected chi connectivity index (χ0v) is 19.2. The van der Waals surface area contributed by atoms with E-state index >= 15 is 0 Å². The standard InChI is InChI=1S/C28H31N3O2/c1-21-6-4-8-24(18-21)31-16-14-30(15-17-31)13-5-12-29-27(32)19-23-20-33-26-11-10-22-7-2-3-9-25(22)28(23)26/h2-4,6-11,18,20H,5,12-17,19H2,1H3,(H,29,32). The molecule has 0 aliphatic carbocycles. The van der Waals surface area contributed by atoms with Crippen LogP contribution in [0.5, 0.6) is 0 Å². The molecule has 5 nitrogen and oxygen atoms in total. The Hall–Kier alpha value is -3.31. The third-order valence-electron chi connectivity index (χ3n) is 6.60. The molecule has 1 N–H and O–H groups in total. The first-order valence-corrected chi connectivity index (χ1v) is 11.9. The number of hydrogen-bond acceptors (Lipinski definition) is 4. The summed E-state index contributed by atoms with van der Waals surface area (Å²) in [6.45, 7) is 8.10. The molecule has 2 heterocycles. The lowest BCUT2D eigenvalue weighted by atomic mass is 10.0. The van der Waals surface area contributed by atoms with Gasteiger partial charge in [-0.1, -0.05) is 42.5 Å². The Morgan fingerprint density at radius 2 is 1.85 bits per heavy atom. The molecule has 0 spiro atoms. The van der Waals surface area contributed by atoms with E-state index in [2.05, 4.69) is 64.5 Å². The Morgan fingerprint density at radius 3 is 2.70 bits per heavy atom. The fourth-order valence-corrected chi connectivity index (χ4v) is 4.82. The summed E-state index contributed by atoms with van der Waals surface area (Å²) < 4.78 is 5.72. The summed E-state index contributed by atoms with van der Waals surface area (Å²) in [5, 5.41) is 6.45. The van der Waals surface area contributed by atoms with E-state index in [0.717, 1.165) is 66.4 Å². The maximum Gasteiger partial charge on any atom is 0.224 e. The van der Waals surface area contributed by atoms with Crippen LogP contribution < -0.4 is 10.2 Å². The summed E-state index contributed by atoms with van der Waals surface area (Å²) in [5.41, 5.74) is 4.41. The maximum absolute atomic E-state index is 12.6. The third kappa shape index (κ3) is 4.88. The lowest BCUT2D eigenvalue weighted by Gasteiger charge is -2.36. The van der Waals surface area contributed by atoms with Crippen molar-refractivity contribution in [3.05, 3.63) is 78.1 Å². The molecule has 1 aromatic heterocycles. The molecule has 170 valence electrons. The van der Waals surface area contributed by atoms with Gasteiger partial charge in [0, 0.05) is 49.4 Å². The summed E-state index contributed by atoms with van der Waals surface area (Å²) in [7, 11) is 0. The van der Waals surface area contributed by atoms with Gasteiger partial charge >= 0.3 is 0 Å². The van der Waals surface area contributed by atoms with Gasteiger partial charge in [-0.2, -0.15) is 0 Å². The number of fused-ring (bicyclic) bond motifs is 3. The van der Waals surface area contributed by atoms with Crippen molar-refractivity contribution in [2.24, 2.45) is 0 Å². The van der Waals surface area contributed by atoms with E-state index in [1.807, 2.05) is 18.2 Å². The Labute approximate surface area is 195 Å². The third-order valence-corrected chi connectivity index (χ3v) is 6.60. The molecule has 0 bridgehead atoms. The predicted octanol–water partition coefficient (Wildman–Crippen LogP) is 4.77. The van der Waals surface area contributed by atoms with E-state index in [0.29, 0.717) is 13.0 Å². The molecule has 3 aromatic carbocycles. The molecule has 1 amide bonds. The number of nitrogens with zero attached hydrogens (tertiary/aromatic N) is 2. The van der Waals surface area contributed by atoms with Crippen molar-refractivity contribution in [2.75, 3.05) is 44.2 Å². The summed E-state index contributed by atoms with van der Waals surface area (Å²) in [4.78, 5) is 17.6. The number of carbonyl (C=O) groups excluding carboxylic acids is 1. The molecule has 0 unspecified atom stereocenters. The number of rotatable bonds is 7. The van der Waals surface area contributed by atoms with Gasteiger partial charge in [0.2, 0.25) is 5.91 Å². The first kappa shape index (κ1) is 21.5. The number of anilines is 1. The number of benzene rings is 3. The van der Waals surface area contributed by atoms with Crippen LogP contribution in [0.25, 0.3) is 21.7 Å². The summed E-state index contributed by atoms with van der Waals surface area (Å²) in [5.74, 6) is 0.0508. The average Bonchev–Trinajstić information content (AvgIpc) is 3.25. The molecule has 1 aliphatic heterocycles. The molecule has 33 heavy (non-hydrogen) atoms. The van der Waals surface area contributed by atoms with Gasteiger partial charge in [-0.15, -0.1) is 0 Å². The molecule has 0 atom stereocenters. The Balaban J connectivity index is 1.08. The molecule has 1 fully saturated rings. The second-order valence-corrected chi connectivity index (χ2v) is 8.97. The zero-order valence-electron chi connectivity index (χ0n) is 19.2. The Morgan fingerprint density at radius 1 is 1.00 bits per heavy atom. The van der Waals surface area contributed by atoms with E-state index in [-0.39, 0.29) is 5.91 Å². The van der Waals surface area contributed by atoms with Crippen molar-refractivity contribution in [1.82, 2.24) is 10.2 Å². The number of nitrogens with one attached hydrogen (secondary N) is 1. The van der Waals surface area contributed by atoms with Crippen molar-refractivity contribution in [3.63, 3.8) is 0 Å². The first-order valence-electron chi connectivity index (χ1n) is 11.9. The molecule has 0 radical (unpaired) electrons. The molecular formula is C28H31N3O2. The monoisotopic (exact) mass is 441 g/mol.